The molecular weight excluding hydrogens is 158 g/mol. The largest absolute Gasteiger partial charge is 0.301 e. The third kappa shape index (κ3) is 3.78. The second kappa shape index (κ2) is 5.40. The second-order valence-corrected chi connectivity index (χ2v) is 3.18. The molecule has 1 aromatic carbocycles. The summed E-state index contributed by atoms with van der Waals surface area (Å²) < 4.78 is 0. The van der Waals surface area contributed by atoms with Crippen LogP contribution in [0.25, 0.3) is 0 Å². The number of nitrogens with zero attached hydrogens (tertiary/aromatic N) is 1. The van der Waals surface area contributed by atoms with Crippen molar-refractivity contribution in [1.29, 1.82) is 0 Å². The van der Waals surface area contributed by atoms with Gasteiger partial charge in [0.25, 0.3) is 0 Å². The molecule has 0 atom stereocenters. The van der Waals surface area contributed by atoms with E-state index in [9.17, 15) is 0 Å². The predicted molar refractivity (Wildman–Crippen MR) is 56.2 cm³/mol. The zero-order valence-electron chi connectivity index (χ0n) is 8.03. The maximum atomic E-state index is 5.19. The van der Waals surface area contributed by atoms with Crippen LogP contribution in [0.4, 0.5) is 0 Å². The normalized spacial score (nSPS) is 9.92. The summed E-state index contributed by atoms with van der Waals surface area (Å²) in [6, 6.07) is 10.4. The quantitative estimate of drug-likeness (QED) is 0.630. The molecule has 0 saturated carbocycles. The van der Waals surface area contributed by atoms with Gasteiger partial charge in [0.15, 0.2) is 0 Å². The van der Waals surface area contributed by atoms with Crippen molar-refractivity contribution in [3.05, 3.63) is 35.9 Å². The fraction of sp³-hybridized carbons (Fsp3) is 0.333. The highest BCUT2D eigenvalue weighted by atomic mass is 15.1. The van der Waals surface area contributed by atoms with Gasteiger partial charge in [0, 0.05) is 19.5 Å². The molecule has 0 radical (unpaired) electrons. The third-order valence-corrected chi connectivity index (χ3v) is 1.93. The van der Waals surface area contributed by atoms with Crippen molar-refractivity contribution in [2.24, 2.45) is 0 Å². The Morgan fingerprint density at radius 2 is 2.00 bits per heavy atom. The number of hydrogen-bond donors (Lipinski definition) is 0. The number of hydrogen-bond acceptors (Lipinski definition) is 1. The number of rotatable bonds is 4. The van der Waals surface area contributed by atoms with E-state index in [1.165, 1.54) is 5.56 Å². The van der Waals surface area contributed by atoms with Crippen LogP contribution in [0, 0.1) is 12.3 Å². The smallest absolute Gasteiger partial charge is 0.0231 e. The van der Waals surface area contributed by atoms with Crippen LogP contribution in [0.1, 0.15) is 12.0 Å². The van der Waals surface area contributed by atoms with Gasteiger partial charge in [-0.15, -0.1) is 12.3 Å². The van der Waals surface area contributed by atoms with Crippen LogP contribution < -0.4 is 0 Å². The minimum atomic E-state index is 0.823. The Morgan fingerprint density at radius 3 is 2.62 bits per heavy atom. The number of terminal acetylenes is 1. The van der Waals surface area contributed by atoms with Crippen LogP contribution in [0.15, 0.2) is 30.3 Å². The Balaban J connectivity index is 2.37. The Kier molecular flexibility index (Phi) is 4.08. The highest BCUT2D eigenvalue weighted by Gasteiger charge is 1.97. The lowest BCUT2D eigenvalue weighted by molar-refractivity contribution is 0.335. The highest BCUT2D eigenvalue weighted by Crippen LogP contribution is 2.02. The van der Waals surface area contributed by atoms with Gasteiger partial charge in [0.05, 0.1) is 0 Å². The lowest BCUT2D eigenvalue weighted by Gasteiger charge is -2.14. The van der Waals surface area contributed by atoms with Gasteiger partial charge in [-0.05, 0) is 12.6 Å². The standard InChI is InChI=1S/C12H15N/c1-3-4-10-13(2)11-12-8-6-5-7-9-12/h1,5-9H,4,10-11H2,2H3. The monoisotopic (exact) mass is 173 g/mol. The second-order valence-electron chi connectivity index (χ2n) is 3.18. The van der Waals surface area contributed by atoms with E-state index in [-0.39, 0.29) is 0 Å². The zero-order valence-corrected chi connectivity index (χ0v) is 8.03. The van der Waals surface area contributed by atoms with Crippen molar-refractivity contribution in [3.63, 3.8) is 0 Å². The maximum Gasteiger partial charge on any atom is 0.0231 e. The van der Waals surface area contributed by atoms with Gasteiger partial charge in [-0.25, -0.2) is 0 Å². The summed E-state index contributed by atoms with van der Waals surface area (Å²) in [4.78, 5) is 2.23. The molecule has 0 aliphatic carbocycles. The van der Waals surface area contributed by atoms with Crippen LogP contribution in [0.3, 0.4) is 0 Å². The van der Waals surface area contributed by atoms with Crippen LogP contribution in [-0.4, -0.2) is 18.5 Å². The molecule has 0 aliphatic rings. The molecule has 1 heteroatoms. The molecule has 1 rings (SSSR count). The van der Waals surface area contributed by atoms with Gasteiger partial charge < -0.3 is 4.90 Å². The molecule has 1 nitrogen and oxygen atoms in total. The van der Waals surface area contributed by atoms with Gasteiger partial charge in [0.2, 0.25) is 0 Å². The Morgan fingerprint density at radius 1 is 1.31 bits per heavy atom. The summed E-state index contributed by atoms with van der Waals surface area (Å²) in [5.74, 6) is 2.64. The molecule has 0 unspecified atom stereocenters. The summed E-state index contributed by atoms with van der Waals surface area (Å²) >= 11 is 0. The first-order valence-electron chi connectivity index (χ1n) is 4.49. The first-order chi connectivity index (χ1) is 6.33. The van der Waals surface area contributed by atoms with Gasteiger partial charge in [-0.3, -0.25) is 0 Å². The summed E-state index contributed by atoms with van der Waals surface area (Å²) in [7, 11) is 2.09. The molecule has 0 N–H and O–H groups in total. The van der Waals surface area contributed by atoms with E-state index in [2.05, 4.69) is 42.1 Å². The van der Waals surface area contributed by atoms with Gasteiger partial charge in [0.1, 0.15) is 0 Å². The summed E-state index contributed by atoms with van der Waals surface area (Å²) in [5, 5.41) is 0. The van der Waals surface area contributed by atoms with E-state index in [1.807, 2.05) is 6.07 Å². The molecule has 13 heavy (non-hydrogen) atoms. The van der Waals surface area contributed by atoms with E-state index in [4.69, 9.17) is 6.42 Å². The maximum absolute atomic E-state index is 5.19. The van der Waals surface area contributed by atoms with Crippen molar-refractivity contribution < 1.29 is 0 Å². The molecule has 68 valence electrons. The molecule has 0 amide bonds. The minimum absolute atomic E-state index is 0.823. The Hall–Kier alpha value is -1.26. The van der Waals surface area contributed by atoms with Crippen LogP contribution in [0.2, 0.25) is 0 Å². The average Bonchev–Trinajstić information content (AvgIpc) is 2.16. The fourth-order valence-corrected chi connectivity index (χ4v) is 1.23. The molecule has 0 aliphatic heterocycles. The molecule has 0 saturated heterocycles. The molecule has 0 spiro atoms. The average molecular weight is 173 g/mol. The van der Waals surface area contributed by atoms with Crippen molar-refractivity contribution in [1.82, 2.24) is 4.90 Å². The van der Waals surface area contributed by atoms with Crippen LogP contribution >= 0.6 is 0 Å². The van der Waals surface area contributed by atoms with Gasteiger partial charge in [-0.1, -0.05) is 30.3 Å². The summed E-state index contributed by atoms with van der Waals surface area (Å²) in [5.41, 5.74) is 1.34. The van der Waals surface area contributed by atoms with Gasteiger partial charge in [-0.2, -0.15) is 0 Å². The van der Waals surface area contributed by atoms with Gasteiger partial charge >= 0.3 is 0 Å². The van der Waals surface area contributed by atoms with Crippen molar-refractivity contribution >= 4 is 0 Å². The first kappa shape index (κ1) is 9.83. The lowest BCUT2D eigenvalue weighted by Crippen LogP contribution is -2.18. The Labute approximate surface area is 80.4 Å². The van der Waals surface area contributed by atoms with Crippen molar-refractivity contribution in [2.45, 2.75) is 13.0 Å². The molecule has 0 fully saturated rings. The molecule has 0 aromatic heterocycles. The zero-order chi connectivity index (χ0) is 9.52. The van der Waals surface area contributed by atoms with Crippen molar-refractivity contribution in [2.75, 3.05) is 13.6 Å². The highest BCUT2D eigenvalue weighted by molar-refractivity contribution is 5.14. The topological polar surface area (TPSA) is 3.24 Å². The van der Waals surface area contributed by atoms with E-state index >= 15 is 0 Å². The lowest BCUT2D eigenvalue weighted by atomic mass is 10.2. The van der Waals surface area contributed by atoms with Crippen LogP contribution in [0.5, 0.6) is 0 Å². The SMILES string of the molecule is C#CCCN(C)Cc1ccccc1. The fourth-order valence-electron chi connectivity index (χ4n) is 1.23. The summed E-state index contributed by atoms with van der Waals surface area (Å²) in [6.07, 6.45) is 6.02. The molecule has 0 heterocycles. The first-order valence-corrected chi connectivity index (χ1v) is 4.49. The molecular formula is C12H15N. The summed E-state index contributed by atoms with van der Waals surface area (Å²) in [6.45, 7) is 1.94. The Bertz CT molecular complexity index is 271. The van der Waals surface area contributed by atoms with Crippen molar-refractivity contribution in [3.8, 4) is 12.3 Å². The number of benzene rings is 1. The van der Waals surface area contributed by atoms with E-state index in [0.29, 0.717) is 0 Å². The minimum Gasteiger partial charge on any atom is -0.301 e. The third-order valence-electron chi connectivity index (χ3n) is 1.93. The molecule has 0 bridgehead atoms. The van der Waals surface area contributed by atoms with E-state index in [1.54, 1.807) is 0 Å². The predicted octanol–water partition coefficient (Wildman–Crippen LogP) is 2.14. The molecule has 1 aromatic rings. The van der Waals surface area contributed by atoms with E-state index < -0.39 is 0 Å². The van der Waals surface area contributed by atoms with E-state index in [0.717, 1.165) is 19.5 Å². The van der Waals surface area contributed by atoms with Crippen LogP contribution in [-0.2, 0) is 6.54 Å².